The highest BCUT2D eigenvalue weighted by atomic mass is 19.4. The van der Waals surface area contributed by atoms with E-state index in [1.807, 2.05) is 18.2 Å². The number of aliphatic carboxylic acids is 1. The molecule has 7 nitrogen and oxygen atoms in total. The van der Waals surface area contributed by atoms with Crippen molar-refractivity contribution < 1.29 is 36.7 Å². The number of rotatable bonds is 9. The highest BCUT2D eigenvalue weighted by molar-refractivity contribution is 6.04. The summed E-state index contributed by atoms with van der Waals surface area (Å²) in [5.74, 6) is -3.46. The third kappa shape index (κ3) is 6.57. The number of carbonyl (C=O) groups is 2. The molecule has 0 aliphatic carbocycles. The SMILES string of the molecule is CCc1cc(C(=O)N(Cc2ccc(-c3cccc(C(C)(C)C(=O)O)c3)cc2)Cc2ccc(C(F)(F)F)o2)c2nccc(F)c2n1. The van der Waals surface area contributed by atoms with Gasteiger partial charge in [-0.25, -0.2) is 9.37 Å². The molecule has 45 heavy (non-hydrogen) atoms. The maximum absolute atomic E-state index is 14.7. The number of hydrogen-bond acceptors (Lipinski definition) is 5. The number of aryl methyl sites for hydroxylation is 1. The number of nitrogens with zero attached hydrogens (tertiary/aromatic N) is 3. The number of carboxylic acids is 1. The number of pyridine rings is 2. The van der Waals surface area contributed by atoms with Crippen molar-refractivity contribution >= 4 is 22.9 Å². The first-order chi connectivity index (χ1) is 21.3. The van der Waals surface area contributed by atoms with Gasteiger partial charge in [0.1, 0.15) is 16.8 Å². The molecule has 2 aromatic carbocycles. The van der Waals surface area contributed by atoms with Gasteiger partial charge in [0.05, 0.1) is 17.5 Å². The average Bonchev–Trinajstić information content (AvgIpc) is 3.50. The number of benzene rings is 2. The Morgan fingerprint density at radius 3 is 2.29 bits per heavy atom. The predicted molar refractivity (Wildman–Crippen MR) is 159 cm³/mol. The molecule has 3 heterocycles. The summed E-state index contributed by atoms with van der Waals surface area (Å²) in [7, 11) is 0. The van der Waals surface area contributed by atoms with Crippen LogP contribution in [0.3, 0.4) is 0 Å². The van der Waals surface area contributed by atoms with Gasteiger partial charge < -0.3 is 14.4 Å². The van der Waals surface area contributed by atoms with E-state index in [-0.39, 0.29) is 35.4 Å². The average molecular weight is 620 g/mol. The van der Waals surface area contributed by atoms with E-state index < -0.39 is 35.0 Å². The Hall–Kier alpha value is -5.06. The Morgan fingerprint density at radius 2 is 1.64 bits per heavy atom. The van der Waals surface area contributed by atoms with Crippen LogP contribution < -0.4 is 0 Å². The number of furan rings is 1. The third-order valence-electron chi connectivity index (χ3n) is 7.64. The molecule has 0 saturated heterocycles. The third-order valence-corrected chi connectivity index (χ3v) is 7.64. The molecule has 0 radical (unpaired) electrons. The zero-order chi connectivity index (χ0) is 32.5. The highest BCUT2D eigenvalue weighted by Gasteiger charge is 2.35. The van der Waals surface area contributed by atoms with Crippen LogP contribution in [0.2, 0.25) is 0 Å². The number of alkyl halides is 3. The highest BCUT2D eigenvalue weighted by Crippen LogP contribution is 2.32. The van der Waals surface area contributed by atoms with Crippen LogP contribution in [-0.2, 0) is 35.9 Å². The van der Waals surface area contributed by atoms with Gasteiger partial charge >= 0.3 is 12.1 Å². The van der Waals surface area contributed by atoms with E-state index in [2.05, 4.69) is 9.97 Å². The van der Waals surface area contributed by atoms with Crippen LogP contribution in [0, 0.1) is 5.82 Å². The monoisotopic (exact) mass is 619 g/mol. The minimum atomic E-state index is -4.70. The Bertz CT molecular complexity index is 1880. The molecule has 0 aliphatic rings. The van der Waals surface area contributed by atoms with Crippen LogP contribution in [0.25, 0.3) is 22.2 Å². The molecule has 232 valence electrons. The largest absolute Gasteiger partial charge is 0.481 e. The first kappa shape index (κ1) is 31.4. The van der Waals surface area contributed by atoms with E-state index in [1.165, 1.54) is 17.2 Å². The van der Waals surface area contributed by atoms with E-state index in [0.29, 0.717) is 23.2 Å². The Kier molecular flexibility index (Phi) is 8.46. The maximum Gasteiger partial charge on any atom is 0.449 e. The van der Waals surface area contributed by atoms with Gasteiger partial charge in [0.2, 0.25) is 5.76 Å². The van der Waals surface area contributed by atoms with E-state index in [9.17, 15) is 32.3 Å². The second-order valence-electron chi connectivity index (χ2n) is 11.1. The summed E-state index contributed by atoms with van der Waals surface area (Å²) < 4.78 is 59.5. The summed E-state index contributed by atoms with van der Waals surface area (Å²) in [5, 5.41) is 9.63. The summed E-state index contributed by atoms with van der Waals surface area (Å²) in [6, 6.07) is 19.0. The summed E-state index contributed by atoms with van der Waals surface area (Å²) in [6.07, 6.45) is -3.07. The minimum absolute atomic E-state index is 0.0200. The Balaban J connectivity index is 1.50. The normalized spacial score (nSPS) is 12.0. The molecule has 1 amide bonds. The molecule has 0 bridgehead atoms. The van der Waals surface area contributed by atoms with Crippen LogP contribution in [-0.4, -0.2) is 31.9 Å². The molecule has 0 spiro atoms. The molecule has 5 aromatic rings. The van der Waals surface area contributed by atoms with Crippen molar-refractivity contribution in [2.24, 2.45) is 0 Å². The number of halogens is 4. The molecule has 0 saturated carbocycles. The van der Waals surface area contributed by atoms with Gasteiger partial charge in [-0.05, 0) is 66.8 Å². The molecular formula is C34H29F4N3O4. The van der Waals surface area contributed by atoms with Crippen molar-refractivity contribution in [3.63, 3.8) is 0 Å². The first-order valence-electron chi connectivity index (χ1n) is 14.1. The van der Waals surface area contributed by atoms with E-state index in [1.54, 1.807) is 51.1 Å². The van der Waals surface area contributed by atoms with Crippen molar-refractivity contribution in [2.45, 2.75) is 51.9 Å². The van der Waals surface area contributed by atoms with Gasteiger partial charge in [0, 0.05) is 18.4 Å². The number of fused-ring (bicyclic) bond motifs is 1. The van der Waals surface area contributed by atoms with Crippen molar-refractivity contribution in [2.75, 3.05) is 0 Å². The molecule has 11 heteroatoms. The van der Waals surface area contributed by atoms with Crippen molar-refractivity contribution in [3.05, 3.63) is 119 Å². The summed E-state index contributed by atoms with van der Waals surface area (Å²) in [6.45, 7) is 4.73. The smallest absolute Gasteiger partial charge is 0.449 e. The van der Waals surface area contributed by atoms with Crippen LogP contribution >= 0.6 is 0 Å². The lowest BCUT2D eigenvalue weighted by Gasteiger charge is -2.23. The first-order valence-corrected chi connectivity index (χ1v) is 14.1. The molecule has 0 fully saturated rings. The van der Waals surface area contributed by atoms with Crippen molar-refractivity contribution in [1.29, 1.82) is 0 Å². The van der Waals surface area contributed by atoms with E-state index in [0.717, 1.165) is 29.3 Å². The maximum atomic E-state index is 14.7. The summed E-state index contributed by atoms with van der Waals surface area (Å²) in [4.78, 5) is 35.6. The second kappa shape index (κ2) is 12.1. The number of aromatic nitrogens is 2. The van der Waals surface area contributed by atoms with E-state index >= 15 is 0 Å². The Morgan fingerprint density at radius 1 is 0.911 bits per heavy atom. The molecule has 3 aromatic heterocycles. The predicted octanol–water partition coefficient (Wildman–Crippen LogP) is 7.81. The van der Waals surface area contributed by atoms with Gasteiger partial charge in [-0.1, -0.05) is 55.5 Å². The molecule has 1 N–H and O–H groups in total. The number of hydrogen-bond donors (Lipinski definition) is 1. The standard InChI is InChI=1S/C34H29F4N3O4/c1-4-24-17-26(29-30(40-24)27(35)14-15-39-29)31(42)41(19-25-12-13-28(45-25)34(36,37)38)18-20-8-10-21(11-9-20)22-6-5-7-23(16-22)33(2,3)32(43)44/h5-17H,4,18-19H2,1-3H3,(H,43,44). The summed E-state index contributed by atoms with van der Waals surface area (Å²) >= 11 is 0. The molecular weight excluding hydrogens is 590 g/mol. The minimum Gasteiger partial charge on any atom is -0.481 e. The van der Waals surface area contributed by atoms with Crippen molar-refractivity contribution in [3.8, 4) is 11.1 Å². The van der Waals surface area contributed by atoms with Gasteiger partial charge in [-0.3, -0.25) is 14.6 Å². The number of carboxylic acid groups (broad SMARTS) is 1. The van der Waals surface area contributed by atoms with Gasteiger partial charge in [-0.15, -0.1) is 0 Å². The van der Waals surface area contributed by atoms with Gasteiger partial charge in [0.25, 0.3) is 5.91 Å². The topological polar surface area (TPSA) is 96.5 Å². The van der Waals surface area contributed by atoms with Gasteiger partial charge in [-0.2, -0.15) is 13.2 Å². The fourth-order valence-electron chi connectivity index (χ4n) is 4.90. The van der Waals surface area contributed by atoms with Crippen molar-refractivity contribution in [1.82, 2.24) is 14.9 Å². The summed E-state index contributed by atoms with van der Waals surface area (Å²) in [5.41, 5.74) is 2.26. The fourth-order valence-corrected chi connectivity index (χ4v) is 4.90. The lowest BCUT2D eigenvalue weighted by atomic mass is 9.83. The lowest BCUT2D eigenvalue weighted by Crippen LogP contribution is -2.30. The molecule has 0 atom stereocenters. The van der Waals surface area contributed by atoms with Crippen LogP contribution in [0.4, 0.5) is 17.6 Å². The van der Waals surface area contributed by atoms with Gasteiger partial charge in [0.15, 0.2) is 5.82 Å². The van der Waals surface area contributed by atoms with Crippen LogP contribution in [0.1, 0.15) is 59.5 Å². The van der Waals surface area contributed by atoms with Crippen LogP contribution in [0.5, 0.6) is 0 Å². The zero-order valence-electron chi connectivity index (χ0n) is 24.7. The Labute approximate surface area is 256 Å². The zero-order valence-corrected chi connectivity index (χ0v) is 24.7. The van der Waals surface area contributed by atoms with Crippen LogP contribution in [0.15, 0.2) is 83.4 Å². The molecule has 5 rings (SSSR count). The fraction of sp³-hybridized carbons (Fsp3) is 0.235. The second-order valence-corrected chi connectivity index (χ2v) is 11.1. The lowest BCUT2D eigenvalue weighted by molar-refractivity contribution is -0.153. The quantitative estimate of drug-likeness (QED) is 0.169. The van der Waals surface area contributed by atoms with E-state index in [4.69, 9.17) is 4.42 Å². The molecule has 0 aliphatic heterocycles. The molecule has 0 unspecified atom stereocenters. The number of carbonyl (C=O) groups excluding carboxylic acids is 1. The number of amides is 1.